The minimum absolute atomic E-state index is 0.0715. The Bertz CT molecular complexity index is 466. The van der Waals surface area contributed by atoms with Crippen molar-refractivity contribution in [2.45, 2.75) is 45.3 Å². The van der Waals surface area contributed by atoms with E-state index in [-0.39, 0.29) is 11.4 Å². The number of nitrogens with zero attached hydrogens (tertiary/aromatic N) is 1. The lowest BCUT2D eigenvalue weighted by Gasteiger charge is -2.47. The van der Waals surface area contributed by atoms with Gasteiger partial charge in [-0.1, -0.05) is 19.1 Å². The van der Waals surface area contributed by atoms with Gasteiger partial charge in [0.2, 0.25) is 0 Å². The van der Waals surface area contributed by atoms with Gasteiger partial charge in [-0.25, -0.2) is 4.39 Å². The van der Waals surface area contributed by atoms with Crippen molar-refractivity contribution in [2.24, 2.45) is 0 Å². The Morgan fingerprint density at radius 3 is 2.90 bits per heavy atom. The zero-order chi connectivity index (χ0) is 14.8. The number of ether oxygens (including phenoxy) is 1. The monoisotopic (exact) mass is 280 g/mol. The van der Waals surface area contributed by atoms with Crippen molar-refractivity contribution < 1.29 is 9.13 Å². The molecule has 1 heterocycles. The summed E-state index contributed by atoms with van der Waals surface area (Å²) >= 11 is 0. The lowest BCUT2D eigenvalue weighted by molar-refractivity contribution is 0.0443. The quantitative estimate of drug-likeness (QED) is 0.918. The van der Waals surface area contributed by atoms with E-state index in [9.17, 15) is 4.39 Å². The number of nitrogens with one attached hydrogen (secondary N) is 1. The molecule has 2 atom stereocenters. The first-order chi connectivity index (χ1) is 9.50. The molecule has 4 heteroatoms. The molecule has 0 spiro atoms. The Hall–Kier alpha value is -1.13. The second-order valence-electron chi connectivity index (χ2n) is 5.95. The molecule has 112 valence electrons. The number of hydrogen-bond donors (Lipinski definition) is 1. The topological polar surface area (TPSA) is 24.5 Å². The van der Waals surface area contributed by atoms with E-state index in [1.54, 1.807) is 6.07 Å². The molecule has 20 heavy (non-hydrogen) atoms. The summed E-state index contributed by atoms with van der Waals surface area (Å²) in [6.45, 7) is 9.09. The van der Waals surface area contributed by atoms with Crippen LogP contribution in [0.3, 0.4) is 0 Å². The molecule has 2 unspecified atom stereocenters. The third kappa shape index (κ3) is 2.96. The van der Waals surface area contributed by atoms with Crippen LogP contribution in [0.2, 0.25) is 0 Å². The molecule has 2 rings (SSSR count). The lowest BCUT2D eigenvalue weighted by atomic mass is 9.91. The summed E-state index contributed by atoms with van der Waals surface area (Å²) in [6.07, 6.45) is 1.04. The maximum absolute atomic E-state index is 14.3. The van der Waals surface area contributed by atoms with Crippen LogP contribution >= 0.6 is 0 Å². The second-order valence-corrected chi connectivity index (χ2v) is 5.95. The smallest absolute Gasteiger partial charge is 0.169 e. The molecule has 3 nitrogen and oxygen atoms in total. The molecule has 0 amide bonds. The Balaban J connectivity index is 2.22. The van der Waals surface area contributed by atoms with Crippen LogP contribution in [0.5, 0.6) is 5.75 Å². The van der Waals surface area contributed by atoms with Crippen molar-refractivity contribution in [1.82, 2.24) is 10.2 Å². The van der Waals surface area contributed by atoms with E-state index < -0.39 is 0 Å². The molecule has 1 aromatic carbocycles. The van der Waals surface area contributed by atoms with Gasteiger partial charge in [-0.15, -0.1) is 0 Å². The van der Waals surface area contributed by atoms with Crippen LogP contribution in [-0.2, 0) is 6.54 Å². The van der Waals surface area contributed by atoms with Gasteiger partial charge in [0.25, 0.3) is 0 Å². The SMILES string of the molecule is CCC1(C)CNC(C)CN1Cc1cccc(OC)c1F. The average molecular weight is 280 g/mol. The first kappa shape index (κ1) is 15.3. The van der Waals surface area contributed by atoms with Crippen molar-refractivity contribution in [3.05, 3.63) is 29.6 Å². The maximum Gasteiger partial charge on any atom is 0.169 e. The number of benzene rings is 1. The number of hydrogen-bond acceptors (Lipinski definition) is 3. The predicted molar refractivity (Wildman–Crippen MR) is 79.5 cm³/mol. The van der Waals surface area contributed by atoms with Crippen molar-refractivity contribution in [2.75, 3.05) is 20.2 Å². The number of halogens is 1. The summed E-state index contributed by atoms with van der Waals surface area (Å²) < 4.78 is 19.4. The molecule has 1 aliphatic heterocycles. The van der Waals surface area contributed by atoms with E-state index in [0.717, 1.165) is 19.5 Å². The summed E-state index contributed by atoms with van der Waals surface area (Å²) in [6, 6.07) is 5.80. The molecular formula is C16H25FN2O. The summed E-state index contributed by atoms with van der Waals surface area (Å²) in [5.41, 5.74) is 0.778. The van der Waals surface area contributed by atoms with Crippen LogP contribution in [0.15, 0.2) is 18.2 Å². The van der Waals surface area contributed by atoms with E-state index in [1.807, 2.05) is 12.1 Å². The highest BCUT2D eigenvalue weighted by Crippen LogP contribution is 2.28. The zero-order valence-corrected chi connectivity index (χ0v) is 12.9. The Labute approximate surface area is 121 Å². The Kier molecular flexibility index (Phi) is 4.66. The number of rotatable bonds is 4. The summed E-state index contributed by atoms with van der Waals surface area (Å²) in [7, 11) is 1.51. The van der Waals surface area contributed by atoms with Crippen molar-refractivity contribution in [3.8, 4) is 5.75 Å². The van der Waals surface area contributed by atoms with Crippen molar-refractivity contribution in [3.63, 3.8) is 0 Å². The first-order valence-electron chi connectivity index (χ1n) is 7.30. The maximum atomic E-state index is 14.3. The normalized spacial score (nSPS) is 27.6. The van der Waals surface area contributed by atoms with Crippen LogP contribution < -0.4 is 10.1 Å². The van der Waals surface area contributed by atoms with E-state index in [0.29, 0.717) is 23.9 Å². The molecule has 0 aromatic heterocycles. The van der Waals surface area contributed by atoms with Gasteiger partial charge in [0, 0.05) is 36.8 Å². The van der Waals surface area contributed by atoms with E-state index in [1.165, 1.54) is 7.11 Å². The lowest BCUT2D eigenvalue weighted by Crippen LogP contribution is -2.61. The highest BCUT2D eigenvalue weighted by atomic mass is 19.1. The molecule has 0 saturated carbocycles. The highest BCUT2D eigenvalue weighted by Gasteiger charge is 2.35. The molecule has 1 aromatic rings. The molecule has 1 N–H and O–H groups in total. The van der Waals surface area contributed by atoms with Gasteiger partial charge < -0.3 is 10.1 Å². The van der Waals surface area contributed by atoms with Gasteiger partial charge in [0.1, 0.15) is 0 Å². The van der Waals surface area contributed by atoms with Gasteiger partial charge in [-0.2, -0.15) is 0 Å². The summed E-state index contributed by atoms with van der Waals surface area (Å²) in [5, 5.41) is 3.52. The Morgan fingerprint density at radius 1 is 1.50 bits per heavy atom. The summed E-state index contributed by atoms with van der Waals surface area (Å²) in [4.78, 5) is 2.38. The van der Waals surface area contributed by atoms with Gasteiger partial charge in [0.05, 0.1) is 7.11 Å². The van der Waals surface area contributed by atoms with E-state index in [4.69, 9.17) is 4.74 Å². The summed E-state index contributed by atoms with van der Waals surface area (Å²) in [5.74, 6) is 0.0866. The molecule has 0 aliphatic carbocycles. The van der Waals surface area contributed by atoms with Gasteiger partial charge in [0.15, 0.2) is 11.6 Å². The van der Waals surface area contributed by atoms with E-state index >= 15 is 0 Å². The van der Waals surface area contributed by atoms with E-state index in [2.05, 4.69) is 31.0 Å². The van der Waals surface area contributed by atoms with Gasteiger partial charge in [-0.05, 0) is 26.3 Å². The highest BCUT2D eigenvalue weighted by molar-refractivity contribution is 5.31. The zero-order valence-electron chi connectivity index (χ0n) is 12.9. The number of methoxy groups -OCH3 is 1. The van der Waals surface area contributed by atoms with Crippen LogP contribution in [0.25, 0.3) is 0 Å². The second kappa shape index (κ2) is 6.10. The third-order valence-electron chi connectivity index (χ3n) is 4.48. The van der Waals surface area contributed by atoms with Crippen LogP contribution in [0.4, 0.5) is 4.39 Å². The predicted octanol–water partition coefficient (Wildman–Crippen LogP) is 2.80. The molecular weight excluding hydrogens is 255 g/mol. The largest absolute Gasteiger partial charge is 0.494 e. The fourth-order valence-corrected chi connectivity index (χ4v) is 2.77. The van der Waals surface area contributed by atoms with Gasteiger partial charge in [-0.3, -0.25) is 4.90 Å². The minimum atomic E-state index is -0.236. The van der Waals surface area contributed by atoms with Crippen LogP contribution in [0.1, 0.15) is 32.8 Å². The molecule has 1 aliphatic rings. The minimum Gasteiger partial charge on any atom is -0.494 e. The van der Waals surface area contributed by atoms with Crippen LogP contribution in [-0.4, -0.2) is 36.7 Å². The molecule has 1 fully saturated rings. The fraction of sp³-hybridized carbons (Fsp3) is 0.625. The molecule has 0 bridgehead atoms. The Morgan fingerprint density at radius 2 is 2.25 bits per heavy atom. The van der Waals surface area contributed by atoms with Gasteiger partial charge >= 0.3 is 0 Å². The van der Waals surface area contributed by atoms with Crippen molar-refractivity contribution >= 4 is 0 Å². The van der Waals surface area contributed by atoms with Crippen LogP contribution in [0, 0.1) is 5.82 Å². The fourth-order valence-electron chi connectivity index (χ4n) is 2.77. The third-order valence-corrected chi connectivity index (χ3v) is 4.48. The van der Waals surface area contributed by atoms with Crippen molar-refractivity contribution in [1.29, 1.82) is 0 Å². The molecule has 0 radical (unpaired) electrons. The number of piperazine rings is 1. The first-order valence-corrected chi connectivity index (χ1v) is 7.30. The standard InChI is InChI=1S/C16H25FN2O/c1-5-16(3)11-18-12(2)9-19(16)10-13-7-6-8-14(20-4)15(13)17/h6-8,12,18H,5,9-11H2,1-4H3. The average Bonchev–Trinajstić information content (AvgIpc) is 2.45. The molecule has 1 saturated heterocycles.